The fourth-order valence-corrected chi connectivity index (χ4v) is 3.56. The number of rotatable bonds is 4. The molecule has 142 valence electrons. The number of carbonyl (C=O) groups is 1. The molecule has 4 aromatic rings. The van der Waals surface area contributed by atoms with Crippen LogP contribution in [0.2, 0.25) is 0 Å². The lowest BCUT2D eigenvalue weighted by atomic mass is 10.1. The summed E-state index contributed by atoms with van der Waals surface area (Å²) in [5, 5.41) is 12.5. The monoisotopic (exact) mass is 381 g/mol. The minimum Gasteiger partial charge on any atom is -0.359 e. The first-order chi connectivity index (χ1) is 14.3. The van der Waals surface area contributed by atoms with Crippen LogP contribution in [-0.2, 0) is 6.54 Å². The summed E-state index contributed by atoms with van der Waals surface area (Å²) in [5.41, 5.74) is 4.09. The van der Waals surface area contributed by atoms with Crippen LogP contribution in [0.1, 0.15) is 27.8 Å². The summed E-state index contributed by atoms with van der Waals surface area (Å²) in [6, 6.07) is 27.3. The molecule has 0 fully saturated rings. The van der Waals surface area contributed by atoms with Crippen LogP contribution in [0.4, 0.5) is 5.69 Å². The summed E-state index contributed by atoms with van der Waals surface area (Å²) in [7, 11) is 0. The van der Waals surface area contributed by atoms with Crippen LogP contribution in [0, 0.1) is 0 Å². The Labute approximate surface area is 168 Å². The smallest absolute Gasteiger partial charge is 0.258 e. The number of benzene rings is 3. The fourth-order valence-electron chi connectivity index (χ4n) is 3.56. The van der Waals surface area contributed by atoms with Crippen molar-refractivity contribution in [2.75, 3.05) is 5.32 Å². The summed E-state index contributed by atoms with van der Waals surface area (Å²) in [6.07, 6.45) is 1.30. The summed E-state index contributed by atoms with van der Waals surface area (Å²) in [4.78, 5) is 16.7. The highest BCUT2D eigenvalue weighted by molar-refractivity contribution is 6.01. The van der Waals surface area contributed by atoms with Crippen molar-refractivity contribution in [2.45, 2.75) is 12.7 Å². The molecule has 0 unspecified atom stereocenters. The first-order valence-corrected chi connectivity index (χ1v) is 9.48. The van der Waals surface area contributed by atoms with E-state index in [1.54, 1.807) is 15.9 Å². The second-order valence-electron chi connectivity index (χ2n) is 6.91. The molecular formula is C23H19N5O. The molecular weight excluding hydrogens is 362 g/mol. The van der Waals surface area contributed by atoms with Gasteiger partial charge in [0.25, 0.3) is 5.91 Å². The van der Waals surface area contributed by atoms with Gasteiger partial charge in [0, 0.05) is 12.2 Å². The van der Waals surface area contributed by atoms with E-state index < -0.39 is 6.17 Å². The third kappa shape index (κ3) is 3.25. The molecule has 0 spiro atoms. The van der Waals surface area contributed by atoms with Gasteiger partial charge in [-0.25, -0.2) is 0 Å². The number of nitrogens with zero attached hydrogens (tertiary/aromatic N) is 4. The molecule has 1 atom stereocenters. The van der Waals surface area contributed by atoms with Crippen molar-refractivity contribution in [3.63, 3.8) is 0 Å². The maximum absolute atomic E-state index is 13.3. The van der Waals surface area contributed by atoms with Gasteiger partial charge in [0.15, 0.2) is 0 Å². The van der Waals surface area contributed by atoms with E-state index >= 15 is 0 Å². The highest BCUT2D eigenvalue weighted by atomic mass is 16.2. The molecule has 29 heavy (non-hydrogen) atoms. The zero-order valence-corrected chi connectivity index (χ0v) is 15.6. The van der Waals surface area contributed by atoms with Gasteiger partial charge in [0.2, 0.25) is 0 Å². The van der Waals surface area contributed by atoms with Crippen molar-refractivity contribution in [1.29, 1.82) is 0 Å². The van der Waals surface area contributed by atoms with Gasteiger partial charge in [-0.1, -0.05) is 60.7 Å². The van der Waals surface area contributed by atoms with Crippen LogP contribution in [0.15, 0.2) is 91.1 Å². The molecule has 1 aliphatic rings. The van der Waals surface area contributed by atoms with Gasteiger partial charge in [-0.15, -0.1) is 5.10 Å². The second-order valence-corrected chi connectivity index (χ2v) is 6.91. The zero-order valence-electron chi connectivity index (χ0n) is 15.6. The zero-order chi connectivity index (χ0) is 19.6. The second kappa shape index (κ2) is 7.24. The van der Waals surface area contributed by atoms with Gasteiger partial charge in [-0.3, -0.25) is 4.79 Å². The van der Waals surface area contributed by atoms with E-state index in [-0.39, 0.29) is 5.91 Å². The van der Waals surface area contributed by atoms with Crippen molar-refractivity contribution in [1.82, 2.24) is 19.9 Å². The predicted molar refractivity (Wildman–Crippen MR) is 110 cm³/mol. The number of anilines is 1. The number of hydrogen-bond acceptors (Lipinski definition) is 4. The maximum Gasteiger partial charge on any atom is 0.258 e. The SMILES string of the molecule is O=C1c2ccccc2N[C@@H](c2cnn(-c3ccccc3)n2)N1Cc1ccccc1. The number of hydrogen-bond donors (Lipinski definition) is 1. The molecule has 1 amide bonds. The highest BCUT2D eigenvalue weighted by Crippen LogP contribution is 2.33. The molecule has 1 N–H and O–H groups in total. The Bertz CT molecular complexity index is 1140. The first kappa shape index (κ1) is 17.2. The van der Waals surface area contributed by atoms with E-state index in [4.69, 9.17) is 0 Å². The molecule has 1 aliphatic heterocycles. The normalized spacial score (nSPS) is 15.7. The van der Waals surface area contributed by atoms with Gasteiger partial charge in [-0.2, -0.15) is 9.90 Å². The van der Waals surface area contributed by atoms with Gasteiger partial charge < -0.3 is 10.2 Å². The molecule has 1 aromatic heterocycles. The molecule has 6 heteroatoms. The van der Waals surface area contributed by atoms with Crippen molar-refractivity contribution < 1.29 is 4.79 Å². The fraction of sp³-hybridized carbons (Fsp3) is 0.0870. The lowest BCUT2D eigenvalue weighted by molar-refractivity contribution is 0.0662. The van der Waals surface area contributed by atoms with Crippen LogP contribution in [0.25, 0.3) is 5.69 Å². The molecule has 0 radical (unpaired) electrons. The Morgan fingerprint density at radius 3 is 2.34 bits per heavy atom. The van der Waals surface area contributed by atoms with Crippen molar-refractivity contribution in [2.24, 2.45) is 0 Å². The topological polar surface area (TPSA) is 63.1 Å². The average Bonchev–Trinajstić information content (AvgIpc) is 3.27. The largest absolute Gasteiger partial charge is 0.359 e. The number of carbonyl (C=O) groups excluding carboxylic acids is 1. The van der Waals surface area contributed by atoms with E-state index in [1.165, 1.54) is 0 Å². The first-order valence-electron chi connectivity index (χ1n) is 9.48. The van der Waals surface area contributed by atoms with E-state index in [9.17, 15) is 4.79 Å². The van der Waals surface area contributed by atoms with Gasteiger partial charge in [0.05, 0.1) is 17.4 Å². The maximum atomic E-state index is 13.3. The van der Waals surface area contributed by atoms with Crippen molar-refractivity contribution >= 4 is 11.6 Å². The Morgan fingerprint density at radius 1 is 0.862 bits per heavy atom. The van der Waals surface area contributed by atoms with Crippen LogP contribution < -0.4 is 5.32 Å². The summed E-state index contributed by atoms with van der Waals surface area (Å²) in [5.74, 6) is -0.0255. The Kier molecular flexibility index (Phi) is 4.29. The molecule has 0 aliphatic carbocycles. The molecule has 0 saturated heterocycles. The summed E-state index contributed by atoms with van der Waals surface area (Å²) in [6.45, 7) is 0.476. The van der Waals surface area contributed by atoms with E-state index in [1.807, 2.05) is 84.9 Å². The lowest BCUT2D eigenvalue weighted by Gasteiger charge is -2.36. The van der Waals surface area contributed by atoms with Gasteiger partial charge in [0.1, 0.15) is 11.9 Å². The van der Waals surface area contributed by atoms with Crippen LogP contribution in [-0.4, -0.2) is 25.8 Å². The predicted octanol–water partition coefficient (Wildman–Crippen LogP) is 4.03. The quantitative estimate of drug-likeness (QED) is 0.580. The number of nitrogens with one attached hydrogen (secondary N) is 1. The molecule has 2 heterocycles. The minimum absolute atomic E-state index is 0.0255. The number of para-hydroxylation sites is 2. The Balaban J connectivity index is 1.54. The third-order valence-electron chi connectivity index (χ3n) is 4.99. The van der Waals surface area contributed by atoms with Crippen LogP contribution in [0.3, 0.4) is 0 Å². The minimum atomic E-state index is -0.407. The lowest BCUT2D eigenvalue weighted by Crippen LogP contribution is -2.42. The molecule has 6 nitrogen and oxygen atoms in total. The number of amides is 1. The molecule has 0 saturated carbocycles. The standard InChI is InChI=1S/C23H19N5O/c29-23-19-13-7-8-14-20(19)25-22(27(23)16-17-9-3-1-4-10-17)21-15-24-28(26-21)18-11-5-2-6-12-18/h1-15,22,25H,16H2/t22-/m1/s1. The van der Waals surface area contributed by atoms with Crippen molar-refractivity contribution in [3.8, 4) is 5.69 Å². The van der Waals surface area contributed by atoms with Crippen LogP contribution >= 0.6 is 0 Å². The molecule has 5 rings (SSSR count). The van der Waals surface area contributed by atoms with E-state index in [0.717, 1.165) is 16.9 Å². The van der Waals surface area contributed by atoms with Crippen LogP contribution in [0.5, 0.6) is 0 Å². The summed E-state index contributed by atoms with van der Waals surface area (Å²) >= 11 is 0. The summed E-state index contributed by atoms with van der Waals surface area (Å²) < 4.78 is 0. The number of fused-ring (bicyclic) bond motifs is 1. The molecule has 3 aromatic carbocycles. The van der Waals surface area contributed by atoms with Gasteiger partial charge >= 0.3 is 0 Å². The van der Waals surface area contributed by atoms with E-state index in [2.05, 4.69) is 15.5 Å². The third-order valence-corrected chi connectivity index (χ3v) is 4.99. The van der Waals surface area contributed by atoms with Crippen molar-refractivity contribution in [3.05, 3.63) is 108 Å². The average molecular weight is 381 g/mol. The Morgan fingerprint density at radius 2 is 1.55 bits per heavy atom. The Hall–Kier alpha value is -3.93. The van der Waals surface area contributed by atoms with E-state index in [0.29, 0.717) is 17.8 Å². The molecule has 0 bridgehead atoms. The van der Waals surface area contributed by atoms with Gasteiger partial charge in [-0.05, 0) is 29.8 Å². The highest BCUT2D eigenvalue weighted by Gasteiger charge is 2.34. The number of aromatic nitrogens is 3.